The van der Waals surface area contributed by atoms with Crippen molar-refractivity contribution in [3.63, 3.8) is 0 Å². The van der Waals surface area contributed by atoms with Crippen LogP contribution in [-0.4, -0.2) is 0 Å². The van der Waals surface area contributed by atoms with Gasteiger partial charge in [-0.15, -0.1) is 0 Å². The lowest BCUT2D eigenvalue weighted by Crippen LogP contribution is -1.74. The maximum atomic E-state index is 2.23. The third-order valence-electron chi connectivity index (χ3n) is 1.42. The van der Waals surface area contributed by atoms with Gasteiger partial charge in [0.25, 0.3) is 0 Å². The average Bonchev–Trinajstić information content (AvgIpc) is 1.83. The maximum absolute atomic E-state index is 2.23. The van der Waals surface area contributed by atoms with Crippen LogP contribution in [0, 0.1) is 0 Å². The maximum Gasteiger partial charge on any atom is -0.0323 e. The monoisotopic (exact) mass is 112 g/mol. The molecule has 0 nitrogen and oxygen atoms in total. The van der Waals surface area contributed by atoms with Crippen molar-refractivity contribution in [2.45, 2.75) is 40.0 Å². The summed E-state index contributed by atoms with van der Waals surface area (Å²) in [7, 11) is 0. The first-order valence-electron chi connectivity index (χ1n) is 3.43. The molecule has 0 heterocycles. The van der Waals surface area contributed by atoms with Crippen molar-refractivity contribution in [1.29, 1.82) is 0 Å². The van der Waals surface area contributed by atoms with Crippen LogP contribution in [0.25, 0.3) is 0 Å². The van der Waals surface area contributed by atoms with Gasteiger partial charge in [-0.3, -0.25) is 0 Å². The summed E-state index contributed by atoms with van der Waals surface area (Å²) in [5.74, 6) is 0. The molecule has 0 atom stereocenters. The summed E-state index contributed by atoms with van der Waals surface area (Å²) in [6.45, 7) is 6.52. The minimum absolute atomic E-state index is 1.28. The SMILES string of the molecule is C/C=C(/C)CCCC. The van der Waals surface area contributed by atoms with Crippen LogP contribution in [0.3, 0.4) is 0 Å². The van der Waals surface area contributed by atoms with Gasteiger partial charge in [0, 0.05) is 0 Å². The molecule has 8 heavy (non-hydrogen) atoms. The number of rotatable bonds is 3. The van der Waals surface area contributed by atoms with Gasteiger partial charge >= 0.3 is 0 Å². The van der Waals surface area contributed by atoms with Crippen LogP contribution in [-0.2, 0) is 0 Å². The first-order valence-corrected chi connectivity index (χ1v) is 3.43. The van der Waals surface area contributed by atoms with Crippen LogP contribution in [0.15, 0.2) is 11.6 Å². The van der Waals surface area contributed by atoms with Crippen LogP contribution in [0.1, 0.15) is 40.0 Å². The number of hydrogen-bond donors (Lipinski definition) is 0. The number of hydrogen-bond acceptors (Lipinski definition) is 0. The summed E-state index contributed by atoms with van der Waals surface area (Å²) < 4.78 is 0. The lowest BCUT2D eigenvalue weighted by atomic mass is 10.1. The molecule has 0 radical (unpaired) electrons. The van der Waals surface area contributed by atoms with E-state index in [-0.39, 0.29) is 0 Å². The molecule has 0 N–H and O–H groups in total. The van der Waals surface area contributed by atoms with Gasteiger partial charge in [-0.05, 0) is 26.7 Å². The zero-order valence-corrected chi connectivity index (χ0v) is 6.20. The van der Waals surface area contributed by atoms with Gasteiger partial charge in [0.05, 0.1) is 0 Å². The quantitative estimate of drug-likeness (QED) is 0.492. The van der Waals surface area contributed by atoms with E-state index in [1.807, 2.05) is 0 Å². The topological polar surface area (TPSA) is 0 Å². The summed E-state index contributed by atoms with van der Waals surface area (Å²) in [5, 5.41) is 0. The molecule has 0 fully saturated rings. The Balaban J connectivity index is 3.12. The highest BCUT2D eigenvalue weighted by atomic mass is 13.9. The molecule has 0 aliphatic heterocycles. The molecule has 0 aromatic carbocycles. The van der Waals surface area contributed by atoms with Crippen LogP contribution in [0.2, 0.25) is 0 Å². The predicted octanol–water partition coefficient (Wildman–Crippen LogP) is 3.14. The highest BCUT2D eigenvalue weighted by molar-refractivity contribution is 4.94. The van der Waals surface area contributed by atoms with Crippen molar-refractivity contribution in [2.75, 3.05) is 0 Å². The molecule has 0 saturated carbocycles. The fourth-order valence-electron chi connectivity index (χ4n) is 0.600. The van der Waals surface area contributed by atoms with E-state index in [9.17, 15) is 0 Å². The van der Waals surface area contributed by atoms with E-state index in [2.05, 4.69) is 26.8 Å². The predicted molar refractivity (Wildman–Crippen MR) is 39.0 cm³/mol. The Labute approximate surface area is 52.6 Å². The van der Waals surface area contributed by atoms with E-state index in [1.54, 1.807) is 0 Å². The zero-order valence-electron chi connectivity index (χ0n) is 6.20. The van der Waals surface area contributed by atoms with E-state index < -0.39 is 0 Å². The molecule has 0 rings (SSSR count). The highest BCUT2D eigenvalue weighted by Crippen LogP contribution is 2.04. The van der Waals surface area contributed by atoms with Crippen LogP contribution in [0.5, 0.6) is 0 Å². The molecule has 0 aliphatic rings. The first-order chi connectivity index (χ1) is 3.81. The second kappa shape index (κ2) is 4.89. The minimum atomic E-state index is 1.28. The second-order valence-electron chi connectivity index (χ2n) is 2.24. The summed E-state index contributed by atoms with van der Waals surface area (Å²) in [6, 6.07) is 0. The van der Waals surface area contributed by atoms with Gasteiger partial charge in [0.2, 0.25) is 0 Å². The van der Waals surface area contributed by atoms with Gasteiger partial charge in [-0.25, -0.2) is 0 Å². The van der Waals surface area contributed by atoms with Crippen molar-refractivity contribution in [1.82, 2.24) is 0 Å². The molecule has 0 heteroatoms. The lowest BCUT2D eigenvalue weighted by Gasteiger charge is -1.94. The Bertz CT molecular complexity index is 70.1. The molecule has 0 spiro atoms. The van der Waals surface area contributed by atoms with Gasteiger partial charge < -0.3 is 0 Å². The Kier molecular flexibility index (Phi) is 4.73. The minimum Gasteiger partial charge on any atom is -0.0887 e. The fourth-order valence-corrected chi connectivity index (χ4v) is 0.600. The molecule has 48 valence electrons. The Hall–Kier alpha value is -0.260. The van der Waals surface area contributed by atoms with Crippen molar-refractivity contribution in [3.05, 3.63) is 11.6 Å². The van der Waals surface area contributed by atoms with Crippen molar-refractivity contribution in [3.8, 4) is 0 Å². The van der Waals surface area contributed by atoms with Crippen LogP contribution >= 0.6 is 0 Å². The zero-order chi connectivity index (χ0) is 6.41. The fraction of sp³-hybridized carbons (Fsp3) is 0.750. The highest BCUT2D eigenvalue weighted by Gasteiger charge is 1.83. The van der Waals surface area contributed by atoms with Crippen molar-refractivity contribution in [2.24, 2.45) is 0 Å². The summed E-state index contributed by atoms with van der Waals surface area (Å²) >= 11 is 0. The normalized spacial score (nSPS) is 12.1. The van der Waals surface area contributed by atoms with Gasteiger partial charge in [0.15, 0.2) is 0 Å². The largest absolute Gasteiger partial charge is 0.0887 e. The Morgan fingerprint density at radius 3 is 2.50 bits per heavy atom. The van der Waals surface area contributed by atoms with Gasteiger partial charge in [-0.1, -0.05) is 25.0 Å². The molecule has 0 amide bonds. The van der Waals surface area contributed by atoms with E-state index in [0.717, 1.165) is 0 Å². The molecule has 0 bridgehead atoms. The Morgan fingerprint density at radius 2 is 2.12 bits per heavy atom. The molecule has 0 aliphatic carbocycles. The smallest absolute Gasteiger partial charge is 0.0323 e. The van der Waals surface area contributed by atoms with Crippen molar-refractivity contribution < 1.29 is 0 Å². The second-order valence-corrected chi connectivity index (χ2v) is 2.24. The third-order valence-corrected chi connectivity index (χ3v) is 1.42. The molecular weight excluding hydrogens is 96.1 g/mol. The van der Waals surface area contributed by atoms with Crippen LogP contribution < -0.4 is 0 Å². The first kappa shape index (κ1) is 7.74. The average molecular weight is 112 g/mol. The van der Waals surface area contributed by atoms with Gasteiger partial charge in [0.1, 0.15) is 0 Å². The van der Waals surface area contributed by atoms with E-state index >= 15 is 0 Å². The standard InChI is InChI=1S/C8H16/c1-4-6-7-8(3)5-2/h5H,4,6-7H2,1-3H3/b8-5-. The lowest BCUT2D eigenvalue weighted by molar-refractivity contribution is 0.786. The summed E-state index contributed by atoms with van der Waals surface area (Å²) in [6.07, 6.45) is 6.13. The van der Waals surface area contributed by atoms with Crippen molar-refractivity contribution >= 4 is 0 Å². The molecule has 0 aromatic heterocycles. The molecule has 0 aromatic rings. The summed E-state index contributed by atoms with van der Waals surface area (Å²) in [5.41, 5.74) is 1.52. The molecule has 0 saturated heterocycles. The van der Waals surface area contributed by atoms with E-state index in [4.69, 9.17) is 0 Å². The van der Waals surface area contributed by atoms with Gasteiger partial charge in [-0.2, -0.15) is 0 Å². The molecular formula is C8H16. The Morgan fingerprint density at radius 1 is 1.50 bits per heavy atom. The number of unbranched alkanes of at least 4 members (excludes halogenated alkanes) is 1. The van der Waals surface area contributed by atoms with E-state index in [0.29, 0.717) is 0 Å². The van der Waals surface area contributed by atoms with E-state index in [1.165, 1.54) is 24.8 Å². The number of allylic oxidation sites excluding steroid dienone is 2. The third kappa shape index (κ3) is 3.91. The molecule has 0 unspecified atom stereocenters. The summed E-state index contributed by atoms with van der Waals surface area (Å²) in [4.78, 5) is 0. The van der Waals surface area contributed by atoms with Crippen LogP contribution in [0.4, 0.5) is 0 Å².